The second kappa shape index (κ2) is 5.57. The predicted octanol–water partition coefficient (Wildman–Crippen LogP) is 2.05. The highest BCUT2D eigenvalue weighted by atomic mass is 16.3. The van der Waals surface area contributed by atoms with E-state index in [2.05, 4.69) is 19.2 Å². The number of furan rings is 1. The molecule has 1 aliphatic rings. The van der Waals surface area contributed by atoms with E-state index in [1.165, 1.54) is 0 Å². The lowest BCUT2D eigenvalue weighted by molar-refractivity contribution is 0.0644. The minimum Gasteiger partial charge on any atom is -0.469 e. The molecule has 1 aromatic rings. The van der Waals surface area contributed by atoms with Crippen LogP contribution in [0.3, 0.4) is 0 Å². The van der Waals surface area contributed by atoms with Crippen LogP contribution < -0.4 is 5.32 Å². The number of carbonyl (C=O) groups is 1. The molecule has 2 rings (SSSR count). The fourth-order valence-electron chi connectivity index (χ4n) is 2.67. The molecule has 0 bridgehead atoms. The Balaban J connectivity index is 2.00. The van der Waals surface area contributed by atoms with Crippen molar-refractivity contribution in [2.75, 3.05) is 19.6 Å². The van der Waals surface area contributed by atoms with Crippen LogP contribution in [0.15, 0.2) is 16.7 Å². The number of aryl methyl sites for hydroxylation is 1. The summed E-state index contributed by atoms with van der Waals surface area (Å²) in [6.07, 6.45) is 2.61. The minimum absolute atomic E-state index is 0.100. The third-order valence-electron chi connectivity index (χ3n) is 3.75. The maximum absolute atomic E-state index is 12.3. The van der Waals surface area contributed by atoms with Crippen LogP contribution in [-0.2, 0) is 0 Å². The third kappa shape index (κ3) is 2.58. The molecule has 18 heavy (non-hydrogen) atoms. The van der Waals surface area contributed by atoms with E-state index in [-0.39, 0.29) is 5.91 Å². The zero-order valence-corrected chi connectivity index (χ0v) is 11.4. The molecule has 0 spiro atoms. The van der Waals surface area contributed by atoms with Crippen molar-refractivity contribution in [3.8, 4) is 0 Å². The number of rotatable bonds is 3. The zero-order valence-electron chi connectivity index (χ0n) is 11.4. The van der Waals surface area contributed by atoms with E-state index in [1.54, 1.807) is 12.3 Å². The summed E-state index contributed by atoms with van der Waals surface area (Å²) in [6, 6.07) is 2.29. The Morgan fingerprint density at radius 2 is 2.39 bits per heavy atom. The molecule has 2 unspecified atom stereocenters. The molecule has 1 aliphatic heterocycles. The maximum atomic E-state index is 12.3. The molecule has 0 radical (unpaired) electrons. The second-order valence-corrected chi connectivity index (χ2v) is 5.07. The standard InChI is InChI=1S/C14H22N2O2/c1-4-15-13-5-7-16(9-10(13)2)14(17)12-6-8-18-11(12)3/h6,8,10,13,15H,4-5,7,9H2,1-3H3. The van der Waals surface area contributed by atoms with Crippen molar-refractivity contribution in [1.29, 1.82) is 0 Å². The number of nitrogens with zero attached hydrogens (tertiary/aromatic N) is 1. The molecule has 4 nitrogen and oxygen atoms in total. The van der Waals surface area contributed by atoms with Gasteiger partial charge in [-0.1, -0.05) is 13.8 Å². The Hall–Kier alpha value is -1.29. The number of nitrogens with one attached hydrogen (secondary N) is 1. The van der Waals surface area contributed by atoms with Gasteiger partial charge in [-0.15, -0.1) is 0 Å². The molecule has 1 N–H and O–H groups in total. The van der Waals surface area contributed by atoms with Crippen LogP contribution in [0.5, 0.6) is 0 Å². The van der Waals surface area contributed by atoms with Gasteiger partial charge in [0, 0.05) is 19.1 Å². The normalized spacial score (nSPS) is 24.3. The van der Waals surface area contributed by atoms with Gasteiger partial charge >= 0.3 is 0 Å². The molecule has 2 atom stereocenters. The van der Waals surface area contributed by atoms with Crippen molar-refractivity contribution in [1.82, 2.24) is 10.2 Å². The Labute approximate surface area is 108 Å². The monoisotopic (exact) mass is 250 g/mol. The minimum atomic E-state index is 0.100. The maximum Gasteiger partial charge on any atom is 0.257 e. The van der Waals surface area contributed by atoms with Gasteiger partial charge < -0.3 is 14.6 Å². The molecule has 4 heteroatoms. The van der Waals surface area contributed by atoms with Crippen molar-refractivity contribution in [3.63, 3.8) is 0 Å². The molecule has 1 saturated heterocycles. The zero-order chi connectivity index (χ0) is 13.1. The molecular formula is C14H22N2O2. The topological polar surface area (TPSA) is 45.5 Å². The number of carbonyl (C=O) groups excluding carboxylic acids is 1. The molecule has 0 aliphatic carbocycles. The largest absolute Gasteiger partial charge is 0.469 e. The fraction of sp³-hybridized carbons (Fsp3) is 0.643. The quantitative estimate of drug-likeness (QED) is 0.893. The molecular weight excluding hydrogens is 228 g/mol. The Morgan fingerprint density at radius 1 is 1.61 bits per heavy atom. The summed E-state index contributed by atoms with van der Waals surface area (Å²) in [5, 5.41) is 3.48. The van der Waals surface area contributed by atoms with Crippen LogP contribution in [0, 0.1) is 12.8 Å². The highest BCUT2D eigenvalue weighted by Crippen LogP contribution is 2.20. The number of piperidine rings is 1. The molecule has 1 fully saturated rings. The summed E-state index contributed by atoms with van der Waals surface area (Å²) < 4.78 is 5.20. The van der Waals surface area contributed by atoms with Crippen molar-refractivity contribution in [3.05, 3.63) is 23.7 Å². The van der Waals surface area contributed by atoms with E-state index >= 15 is 0 Å². The lowest BCUT2D eigenvalue weighted by Gasteiger charge is -2.37. The number of hydrogen-bond donors (Lipinski definition) is 1. The summed E-state index contributed by atoms with van der Waals surface area (Å²) in [5.74, 6) is 1.30. The van der Waals surface area contributed by atoms with Crippen molar-refractivity contribution in [2.24, 2.45) is 5.92 Å². The first kappa shape index (κ1) is 13.1. The highest BCUT2D eigenvalue weighted by molar-refractivity contribution is 5.95. The van der Waals surface area contributed by atoms with Gasteiger partial charge in [-0.05, 0) is 31.9 Å². The van der Waals surface area contributed by atoms with Crippen LogP contribution in [0.1, 0.15) is 36.4 Å². The molecule has 0 aromatic carbocycles. The van der Waals surface area contributed by atoms with Gasteiger partial charge in [-0.25, -0.2) is 0 Å². The first-order chi connectivity index (χ1) is 8.63. The van der Waals surface area contributed by atoms with Gasteiger partial charge in [0.2, 0.25) is 0 Å². The van der Waals surface area contributed by atoms with Crippen LogP contribution in [0.25, 0.3) is 0 Å². The van der Waals surface area contributed by atoms with Gasteiger partial charge in [-0.2, -0.15) is 0 Å². The van der Waals surface area contributed by atoms with E-state index in [1.807, 2.05) is 11.8 Å². The Morgan fingerprint density at radius 3 is 2.94 bits per heavy atom. The lowest BCUT2D eigenvalue weighted by atomic mass is 9.93. The van der Waals surface area contributed by atoms with Crippen LogP contribution in [0.2, 0.25) is 0 Å². The van der Waals surface area contributed by atoms with Crippen molar-refractivity contribution in [2.45, 2.75) is 33.2 Å². The Bertz CT molecular complexity index is 414. The summed E-state index contributed by atoms with van der Waals surface area (Å²) in [7, 11) is 0. The number of likely N-dealkylation sites (tertiary alicyclic amines) is 1. The molecule has 2 heterocycles. The van der Waals surface area contributed by atoms with Gasteiger partial charge in [0.1, 0.15) is 5.76 Å². The molecule has 1 amide bonds. The number of amides is 1. The lowest BCUT2D eigenvalue weighted by Crippen LogP contribution is -2.50. The predicted molar refractivity (Wildman–Crippen MR) is 70.6 cm³/mol. The fourth-order valence-corrected chi connectivity index (χ4v) is 2.67. The summed E-state index contributed by atoms with van der Waals surface area (Å²) in [6.45, 7) is 8.80. The van der Waals surface area contributed by atoms with E-state index in [9.17, 15) is 4.79 Å². The summed E-state index contributed by atoms with van der Waals surface area (Å²) in [5.41, 5.74) is 0.698. The third-order valence-corrected chi connectivity index (χ3v) is 3.75. The van der Waals surface area contributed by atoms with Gasteiger partial charge in [0.25, 0.3) is 5.91 Å². The van der Waals surface area contributed by atoms with Crippen LogP contribution >= 0.6 is 0 Å². The van der Waals surface area contributed by atoms with E-state index < -0.39 is 0 Å². The van der Waals surface area contributed by atoms with E-state index in [0.717, 1.165) is 26.1 Å². The second-order valence-electron chi connectivity index (χ2n) is 5.07. The Kier molecular flexibility index (Phi) is 4.07. The summed E-state index contributed by atoms with van der Waals surface area (Å²) in [4.78, 5) is 14.3. The highest BCUT2D eigenvalue weighted by Gasteiger charge is 2.29. The van der Waals surface area contributed by atoms with Crippen molar-refractivity contribution < 1.29 is 9.21 Å². The van der Waals surface area contributed by atoms with Crippen LogP contribution in [0.4, 0.5) is 0 Å². The SMILES string of the molecule is CCNC1CCN(C(=O)c2ccoc2C)CC1C. The first-order valence-corrected chi connectivity index (χ1v) is 6.70. The molecule has 0 saturated carbocycles. The average Bonchev–Trinajstić information content (AvgIpc) is 2.77. The molecule has 1 aromatic heterocycles. The summed E-state index contributed by atoms with van der Waals surface area (Å²) >= 11 is 0. The first-order valence-electron chi connectivity index (χ1n) is 6.70. The van der Waals surface area contributed by atoms with Crippen molar-refractivity contribution >= 4 is 5.91 Å². The smallest absolute Gasteiger partial charge is 0.257 e. The van der Waals surface area contributed by atoms with Crippen LogP contribution in [-0.4, -0.2) is 36.5 Å². The van der Waals surface area contributed by atoms with Gasteiger partial charge in [0.15, 0.2) is 0 Å². The average molecular weight is 250 g/mol. The van der Waals surface area contributed by atoms with Gasteiger partial charge in [-0.3, -0.25) is 4.79 Å². The van der Waals surface area contributed by atoms with E-state index in [0.29, 0.717) is 23.3 Å². The molecule has 100 valence electrons. The van der Waals surface area contributed by atoms with E-state index in [4.69, 9.17) is 4.42 Å². The van der Waals surface area contributed by atoms with Gasteiger partial charge in [0.05, 0.1) is 11.8 Å². The number of hydrogen-bond acceptors (Lipinski definition) is 3.